The number of alkyl halides is 1. The van der Waals surface area contributed by atoms with Crippen molar-refractivity contribution in [1.82, 2.24) is 0 Å². The van der Waals surface area contributed by atoms with Gasteiger partial charge < -0.3 is 9.47 Å². The van der Waals surface area contributed by atoms with Crippen LogP contribution in [-0.4, -0.2) is 19.7 Å². The zero-order chi connectivity index (χ0) is 12.8. The van der Waals surface area contributed by atoms with Crippen molar-refractivity contribution in [2.45, 2.75) is 19.2 Å². The predicted molar refractivity (Wildman–Crippen MR) is 62.8 cm³/mol. The van der Waals surface area contributed by atoms with E-state index in [1.54, 1.807) is 6.92 Å². The normalized spacial score (nSPS) is 10.1. The third-order valence-corrected chi connectivity index (χ3v) is 2.52. The molecular weight excluding hydrogens is 247 g/mol. The average Bonchev–Trinajstić information content (AvgIpc) is 2.29. The molecule has 94 valence electrons. The van der Waals surface area contributed by atoms with Crippen LogP contribution in [0.25, 0.3) is 0 Å². The second kappa shape index (κ2) is 6.45. The smallest absolute Gasteiger partial charge is 0.310 e. The highest BCUT2D eigenvalue weighted by atomic mass is 35.5. The summed E-state index contributed by atoms with van der Waals surface area (Å²) < 4.78 is 23.4. The fraction of sp³-hybridized carbons (Fsp3) is 0.417. The molecule has 1 aromatic rings. The molecule has 3 nitrogen and oxygen atoms in total. The Morgan fingerprint density at radius 1 is 1.41 bits per heavy atom. The number of halogens is 2. The zero-order valence-corrected chi connectivity index (χ0v) is 10.5. The second-order valence-corrected chi connectivity index (χ2v) is 3.64. The molecule has 0 atom stereocenters. The van der Waals surface area contributed by atoms with Crippen LogP contribution in [0.4, 0.5) is 4.39 Å². The molecule has 0 aliphatic heterocycles. The van der Waals surface area contributed by atoms with Crippen molar-refractivity contribution in [3.8, 4) is 5.75 Å². The minimum absolute atomic E-state index is 0.0174. The SMILES string of the molecule is CCOC(=O)Cc1cc(F)c(CCl)cc1OC. The van der Waals surface area contributed by atoms with Crippen LogP contribution in [0.2, 0.25) is 0 Å². The first-order valence-corrected chi connectivity index (χ1v) is 5.72. The number of carbonyl (C=O) groups excluding carboxylic acids is 1. The van der Waals surface area contributed by atoms with Gasteiger partial charge in [-0.05, 0) is 19.1 Å². The summed E-state index contributed by atoms with van der Waals surface area (Å²) in [6.45, 7) is 2.01. The highest BCUT2D eigenvalue weighted by molar-refractivity contribution is 6.17. The lowest BCUT2D eigenvalue weighted by Crippen LogP contribution is -2.09. The number of benzene rings is 1. The topological polar surface area (TPSA) is 35.5 Å². The number of methoxy groups -OCH3 is 1. The Labute approximate surface area is 104 Å². The molecule has 0 amide bonds. The summed E-state index contributed by atoms with van der Waals surface area (Å²) in [5, 5.41) is 0. The molecule has 0 unspecified atom stereocenters. The van der Waals surface area contributed by atoms with E-state index < -0.39 is 11.8 Å². The van der Waals surface area contributed by atoms with Gasteiger partial charge in [0.25, 0.3) is 0 Å². The Morgan fingerprint density at radius 3 is 2.65 bits per heavy atom. The monoisotopic (exact) mass is 260 g/mol. The summed E-state index contributed by atoms with van der Waals surface area (Å²) in [6, 6.07) is 2.75. The molecule has 1 rings (SSSR count). The molecule has 0 saturated heterocycles. The molecule has 0 saturated carbocycles. The maximum atomic E-state index is 13.5. The molecule has 0 heterocycles. The Bertz CT molecular complexity index is 407. The largest absolute Gasteiger partial charge is 0.496 e. The van der Waals surface area contributed by atoms with Crippen LogP contribution in [0.1, 0.15) is 18.1 Å². The maximum Gasteiger partial charge on any atom is 0.310 e. The van der Waals surface area contributed by atoms with Gasteiger partial charge in [-0.25, -0.2) is 4.39 Å². The molecule has 17 heavy (non-hydrogen) atoms. The van der Waals surface area contributed by atoms with Gasteiger partial charge in [-0.1, -0.05) is 0 Å². The van der Waals surface area contributed by atoms with Crippen LogP contribution in [0.15, 0.2) is 12.1 Å². The van der Waals surface area contributed by atoms with Crippen molar-refractivity contribution in [3.05, 3.63) is 29.1 Å². The molecular formula is C12H14ClFO3. The average molecular weight is 261 g/mol. The van der Waals surface area contributed by atoms with E-state index in [1.807, 2.05) is 0 Å². The van der Waals surface area contributed by atoms with Crippen molar-refractivity contribution in [1.29, 1.82) is 0 Å². The van der Waals surface area contributed by atoms with Crippen molar-refractivity contribution in [3.63, 3.8) is 0 Å². The van der Waals surface area contributed by atoms with E-state index in [-0.39, 0.29) is 12.3 Å². The summed E-state index contributed by atoms with van der Waals surface area (Å²) in [5.41, 5.74) is 0.799. The lowest BCUT2D eigenvalue weighted by molar-refractivity contribution is -0.142. The van der Waals surface area contributed by atoms with Gasteiger partial charge in [0.1, 0.15) is 11.6 Å². The number of hydrogen-bond donors (Lipinski definition) is 0. The molecule has 0 N–H and O–H groups in total. The molecule has 0 aliphatic rings. The lowest BCUT2D eigenvalue weighted by atomic mass is 10.1. The van der Waals surface area contributed by atoms with Crippen LogP contribution >= 0.6 is 11.6 Å². The first-order chi connectivity index (χ1) is 8.12. The van der Waals surface area contributed by atoms with Crippen molar-refractivity contribution < 1.29 is 18.7 Å². The first-order valence-electron chi connectivity index (χ1n) is 5.19. The Kier molecular flexibility index (Phi) is 5.22. The number of esters is 1. The molecule has 0 bridgehead atoms. The minimum Gasteiger partial charge on any atom is -0.496 e. The van der Waals surface area contributed by atoms with Crippen LogP contribution < -0.4 is 4.74 Å². The van der Waals surface area contributed by atoms with E-state index in [1.165, 1.54) is 19.2 Å². The molecule has 0 fully saturated rings. The number of carbonyl (C=O) groups is 1. The number of ether oxygens (including phenoxy) is 2. The van der Waals surface area contributed by atoms with Crippen molar-refractivity contribution in [2.75, 3.05) is 13.7 Å². The van der Waals surface area contributed by atoms with E-state index in [2.05, 4.69) is 0 Å². The van der Waals surface area contributed by atoms with Crippen LogP contribution in [-0.2, 0) is 21.8 Å². The maximum absolute atomic E-state index is 13.5. The fourth-order valence-corrected chi connectivity index (χ4v) is 1.64. The van der Waals surface area contributed by atoms with Gasteiger partial charge in [0.15, 0.2) is 0 Å². The molecule has 0 radical (unpaired) electrons. The lowest BCUT2D eigenvalue weighted by Gasteiger charge is -2.10. The number of hydrogen-bond acceptors (Lipinski definition) is 3. The third-order valence-electron chi connectivity index (χ3n) is 2.23. The standard InChI is InChI=1S/C12H14ClFO3/c1-3-17-12(15)6-8-4-10(14)9(7-13)5-11(8)16-2/h4-5H,3,6-7H2,1-2H3. The number of rotatable bonds is 5. The first kappa shape index (κ1) is 13.8. The van der Waals surface area contributed by atoms with E-state index in [9.17, 15) is 9.18 Å². The van der Waals surface area contributed by atoms with E-state index in [0.717, 1.165) is 0 Å². The van der Waals surface area contributed by atoms with Crippen molar-refractivity contribution >= 4 is 17.6 Å². The summed E-state index contributed by atoms with van der Waals surface area (Å²) in [5.74, 6) is -0.360. The van der Waals surface area contributed by atoms with Gasteiger partial charge in [-0.3, -0.25) is 4.79 Å². The highest BCUT2D eigenvalue weighted by Crippen LogP contribution is 2.24. The van der Waals surface area contributed by atoms with E-state index in [4.69, 9.17) is 21.1 Å². The Morgan fingerprint density at radius 2 is 2.12 bits per heavy atom. The third kappa shape index (κ3) is 3.60. The quantitative estimate of drug-likeness (QED) is 0.603. The van der Waals surface area contributed by atoms with E-state index in [0.29, 0.717) is 23.5 Å². The molecule has 0 aliphatic carbocycles. The minimum atomic E-state index is -0.444. The van der Waals surface area contributed by atoms with Gasteiger partial charge in [0.2, 0.25) is 0 Å². The van der Waals surface area contributed by atoms with Gasteiger partial charge in [-0.15, -0.1) is 11.6 Å². The predicted octanol–water partition coefficient (Wildman–Crippen LogP) is 2.68. The molecule has 0 aromatic heterocycles. The Hall–Kier alpha value is -1.29. The van der Waals surface area contributed by atoms with Gasteiger partial charge >= 0.3 is 5.97 Å². The van der Waals surface area contributed by atoms with Gasteiger partial charge in [0.05, 0.1) is 26.0 Å². The molecule has 1 aromatic carbocycles. The highest BCUT2D eigenvalue weighted by Gasteiger charge is 2.13. The van der Waals surface area contributed by atoms with Crippen LogP contribution in [0, 0.1) is 5.82 Å². The zero-order valence-electron chi connectivity index (χ0n) is 9.76. The van der Waals surface area contributed by atoms with Gasteiger partial charge in [0, 0.05) is 11.1 Å². The molecule has 5 heteroatoms. The van der Waals surface area contributed by atoms with Crippen molar-refractivity contribution in [2.24, 2.45) is 0 Å². The second-order valence-electron chi connectivity index (χ2n) is 3.37. The summed E-state index contributed by atoms with van der Waals surface area (Å²) in [6.07, 6.45) is -0.0174. The summed E-state index contributed by atoms with van der Waals surface area (Å²) in [4.78, 5) is 11.3. The fourth-order valence-electron chi connectivity index (χ4n) is 1.43. The summed E-state index contributed by atoms with van der Waals surface area (Å²) in [7, 11) is 1.46. The van der Waals surface area contributed by atoms with Crippen LogP contribution in [0.5, 0.6) is 5.75 Å². The van der Waals surface area contributed by atoms with Gasteiger partial charge in [-0.2, -0.15) is 0 Å². The van der Waals surface area contributed by atoms with Crippen LogP contribution in [0.3, 0.4) is 0 Å². The van der Waals surface area contributed by atoms with E-state index >= 15 is 0 Å². The summed E-state index contributed by atoms with van der Waals surface area (Å²) >= 11 is 5.58. The molecule has 0 spiro atoms. The Balaban J connectivity index is 2.98.